The maximum atomic E-state index is 13.1. The molecule has 28 heavy (non-hydrogen) atoms. The molecular formula is C22H25N3O3. The van der Waals surface area contributed by atoms with Gasteiger partial charge in [-0.1, -0.05) is 36.4 Å². The first kappa shape index (κ1) is 18.6. The number of hydrogen-bond acceptors (Lipinski definition) is 4. The summed E-state index contributed by atoms with van der Waals surface area (Å²) in [4.78, 5) is 27.8. The van der Waals surface area contributed by atoms with Crippen LogP contribution in [0.3, 0.4) is 0 Å². The molecule has 1 amide bonds. The highest BCUT2D eigenvalue weighted by atomic mass is 16.6. The average Bonchev–Trinajstić information content (AvgIpc) is 2.73. The number of rotatable bonds is 4. The predicted molar refractivity (Wildman–Crippen MR) is 107 cm³/mol. The first-order valence-corrected chi connectivity index (χ1v) is 9.91. The number of likely N-dealkylation sites (tertiary alicyclic amines) is 1. The highest BCUT2D eigenvalue weighted by molar-refractivity contribution is 5.79. The molecule has 6 heteroatoms. The minimum Gasteiger partial charge on any atom is -0.338 e. The molecule has 1 saturated heterocycles. The third-order valence-corrected chi connectivity index (χ3v) is 5.85. The van der Waals surface area contributed by atoms with E-state index in [0.29, 0.717) is 6.54 Å². The largest absolute Gasteiger partial charge is 0.338 e. The van der Waals surface area contributed by atoms with Crippen molar-refractivity contribution in [2.75, 3.05) is 19.6 Å². The Labute approximate surface area is 164 Å². The van der Waals surface area contributed by atoms with E-state index >= 15 is 0 Å². The molecule has 146 valence electrons. The quantitative estimate of drug-likeness (QED) is 0.603. The fourth-order valence-corrected chi connectivity index (χ4v) is 4.32. The van der Waals surface area contributed by atoms with Crippen LogP contribution in [0.15, 0.2) is 48.5 Å². The number of piperidine rings is 1. The van der Waals surface area contributed by atoms with Crippen LogP contribution in [-0.4, -0.2) is 40.3 Å². The molecule has 2 aromatic carbocycles. The third kappa shape index (κ3) is 4.07. The Bertz CT molecular complexity index is 866. The van der Waals surface area contributed by atoms with Crippen LogP contribution in [-0.2, 0) is 24.3 Å². The second-order valence-electron chi connectivity index (χ2n) is 7.78. The minimum absolute atomic E-state index is 0.0389. The predicted octanol–water partition coefficient (Wildman–Crippen LogP) is 3.39. The van der Waals surface area contributed by atoms with E-state index in [1.165, 1.54) is 11.1 Å². The van der Waals surface area contributed by atoms with Gasteiger partial charge < -0.3 is 4.90 Å². The minimum atomic E-state index is -0.379. The lowest BCUT2D eigenvalue weighted by molar-refractivity contribution is -0.384. The van der Waals surface area contributed by atoms with E-state index in [1.54, 1.807) is 12.1 Å². The fraction of sp³-hybridized carbons (Fsp3) is 0.409. The maximum absolute atomic E-state index is 13.1. The van der Waals surface area contributed by atoms with Crippen molar-refractivity contribution in [1.82, 2.24) is 9.80 Å². The number of carbonyl (C=O) groups is 1. The molecule has 0 aromatic heterocycles. The Morgan fingerprint density at radius 3 is 2.57 bits per heavy atom. The standard InChI is InChI=1S/C22H25N3O3/c26-22(24-13-11-18-4-1-2-5-19(18)16-24)20-6-3-12-23(15-20)14-17-7-9-21(10-8-17)25(27)28/h1-2,4-5,7-10,20H,3,6,11-16H2. The first-order chi connectivity index (χ1) is 13.6. The van der Waals surface area contributed by atoms with Crippen LogP contribution in [0.25, 0.3) is 0 Å². The maximum Gasteiger partial charge on any atom is 0.269 e. The van der Waals surface area contributed by atoms with Crippen molar-refractivity contribution in [3.63, 3.8) is 0 Å². The number of amides is 1. The Hall–Kier alpha value is -2.73. The topological polar surface area (TPSA) is 66.7 Å². The zero-order valence-corrected chi connectivity index (χ0v) is 15.9. The van der Waals surface area contributed by atoms with Gasteiger partial charge >= 0.3 is 0 Å². The molecule has 1 atom stereocenters. The van der Waals surface area contributed by atoms with Crippen LogP contribution >= 0.6 is 0 Å². The highest BCUT2D eigenvalue weighted by Gasteiger charge is 2.30. The molecule has 0 radical (unpaired) electrons. The van der Waals surface area contributed by atoms with Gasteiger partial charge in [0.25, 0.3) is 5.69 Å². The van der Waals surface area contributed by atoms with Crippen LogP contribution in [0.2, 0.25) is 0 Å². The zero-order valence-electron chi connectivity index (χ0n) is 15.9. The average molecular weight is 379 g/mol. The van der Waals surface area contributed by atoms with E-state index in [-0.39, 0.29) is 22.4 Å². The Balaban J connectivity index is 1.37. The van der Waals surface area contributed by atoms with Crippen molar-refractivity contribution in [2.45, 2.75) is 32.4 Å². The van der Waals surface area contributed by atoms with Crippen molar-refractivity contribution in [2.24, 2.45) is 5.92 Å². The second kappa shape index (κ2) is 8.10. The van der Waals surface area contributed by atoms with Crippen LogP contribution in [0.5, 0.6) is 0 Å². The number of non-ortho nitro benzene ring substituents is 1. The molecule has 2 aromatic rings. The van der Waals surface area contributed by atoms with E-state index < -0.39 is 0 Å². The summed E-state index contributed by atoms with van der Waals surface area (Å²) in [6.07, 6.45) is 2.88. The van der Waals surface area contributed by atoms with Crippen molar-refractivity contribution >= 4 is 11.6 Å². The number of fused-ring (bicyclic) bond motifs is 1. The SMILES string of the molecule is O=C(C1CCCN(Cc2ccc([N+](=O)[O-])cc2)C1)N1CCc2ccccc2C1. The lowest BCUT2D eigenvalue weighted by Gasteiger charge is -2.36. The molecule has 0 aliphatic carbocycles. The molecule has 2 aliphatic heterocycles. The lowest BCUT2D eigenvalue weighted by Crippen LogP contribution is -2.46. The van der Waals surface area contributed by atoms with Crippen molar-refractivity contribution in [1.29, 1.82) is 0 Å². The number of hydrogen-bond donors (Lipinski definition) is 0. The number of nitro benzene ring substituents is 1. The van der Waals surface area contributed by atoms with Gasteiger partial charge in [-0.25, -0.2) is 0 Å². The molecular weight excluding hydrogens is 354 g/mol. The Morgan fingerprint density at radius 1 is 1.07 bits per heavy atom. The fourth-order valence-electron chi connectivity index (χ4n) is 4.32. The molecule has 0 saturated carbocycles. The molecule has 0 N–H and O–H groups in total. The van der Waals surface area contributed by atoms with Gasteiger partial charge in [-0.3, -0.25) is 19.8 Å². The van der Waals surface area contributed by atoms with E-state index in [4.69, 9.17) is 0 Å². The van der Waals surface area contributed by atoms with E-state index in [9.17, 15) is 14.9 Å². The lowest BCUT2D eigenvalue weighted by atomic mass is 9.93. The summed E-state index contributed by atoms with van der Waals surface area (Å²) >= 11 is 0. The third-order valence-electron chi connectivity index (χ3n) is 5.85. The normalized spacial score (nSPS) is 19.9. The summed E-state index contributed by atoms with van der Waals surface area (Å²) in [5.74, 6) is 0.306. The molecule has 0 bridgehead atoms. The summed E-state index contributed by atoms with van der Waals surface area (Å²) in [6, 6.07) is 15.1. The number of nitro groups is 1. The summed E-state index contributed by atoms with van der Waals surface area (Å²) in [5, 5.41) is 10.8. The highest BCUT2D eigenvalue weighted by Crippen LogP contribution is 2.25. The summed E-state index contributed by atoms with van der Waals surface area (Å²) in [7, 11) is 0. The number of carbonyl (C=O) groups excluding carboxylic acids is 1. The molecule has 6 nitrogen and oxygen atoms in total. The van der Waals surface area contributed by atoms with Crippen LogP contribution in [0, 0.1) is 16.0 Å². The van der Waals surface area contributed by atoms with E-state index in [1.807, 2.05) is 23.1 Å². The Morgan fingerprint density at radius 2 is 1.82 bits per heavy atom. The van der Waals surface area contributed by atoms with Crippen molar-refractivity contribution < 1.29 is 9.72 Å². The van der Waals surface area contributed by atoms with Crippen molar-refractivity contribution in [3.05, 3.63) is 75.3 Å². The molecule has 2 aliphatic rings. The smallest absolute Gasteiger partial charge is 0.269 e. The van der Waals surface area contributed by atoms with Crippen LogP contribution in [0.1, 0.15) is 29.5 Å². The summed E-state index contributed by atoms with van der Waals surface area (Å²) < 4.78 is 0. The van der Waals surface area contributed by atoms with Gasteiger partial charge in [0.1, 0.15) is 0 Å². The van der Waals surface area contributed by atoms with E-state index in [2.05, 4.69) is 23.1 Å². The monoisotopic (exact) mass is 379 g/mol. The number of benzene rings is 2. The van der Waals surface area contributed by atoms with Gasteiger partial charge in [0.15, 0.2) is 0 Å². The van der Waals surface area contributed by atoms with Gasteiger partial charge in [0.2, 0.25) is 5.91 Å². The van der Waals surface area contributed by atoms with Gasteiger partial charge in [-0.05, 0) is 42.5 Å². The second-order valence-corrected chi connectivity index (χ2v) is 7.78. The zero-order chi connectivity index (χ0) is 19.5. The van der Waals surface area contributed by atoms with Crippen molar-refractivity contribution in [3.8, 4) is 0 Å². The molecule has 1 fully saturated rings. The van der Waals surface area contributed by atoms with Crippen LogP contribution < -0.4 is 0 Å². The molecule has 2 heterocycles. The van der Waals surface area contributed by atoms with Crippen LogP contribution in [0.4, 0.5) is 5.69 Å². The molecule has 4 rings (SSSR count). The van der Waals surface area contributed by atoms with Gasteiger partial charge in [0, 0.05) is 38.3 Å². The van der Waals surface area contributed by atoms with Gasteiger partial charge in [-0.2, -0.15) is 0 Å². The van der Waals surface area contributed by atoms with E-state index in [0.717, 1.165) is 51.0 Å². The summed E-state index contributed by atoms with van der Waals surface area (Å²) in [6.45, 7) is 3.96. The summed E-state index contributed by atoms with van der Waals surface area (Å²) in [5.41, 5.74) is 3.78. The number of nitrogens with zero attached hydrogens (tertiary/aromatic N) is 3. The van der Waals surface area contributed by atoms with Gasteiger partial charge in [-0.15, -0.1) is 0 Å². The first-order valence-electron chi connectivity index (χ1n) is 9.91. The Kier molecular flexibility index (Phi) is 5.39. The molecule has 1 unspecified atom stereocenters. The molecule has 0 spiro atoms. The van der Waals surface area contributed by atoms with Gasteiger partial charge in [0.05, 0.1) is 10.8 Å².